The Bertz CT molecular complexity index is 155. The molecule has 58 valence electrons. The van der Waals surface area contributed by atoms with Crippen LogP contribution in [0.4, 0.5) is 0 Å². The lowest BCUT2D eigenvalue weighted by Crippen LogP contribution is -2.03. The van der Waals surface area contributed by atoms with Crippen molar-refractivity contribution in [3.8, 4) is 0 Å². The lowest BCUT2D eigenvalue weighted by molar-refractivity contribution is 0.193. The van der Waals surface area contributed by atoms with Crippen LogP contribution in [0.1, 0.15) is 40.4 Å². The monoisotopic (exact) mass is 141 g/mol. The van der Waals surface area contributed by atoms with E-state index in [9.17, 15) is 5.11 Å². The van der Waals surface area contributed by atoms with Crippen LogP contribution in [-0.4, -0.2) is 11.2 Å². The molecule has 0 saturated carbocycles. The standard InChI is InChI=1S/C9H16O/c1-8(10)7-9-5-3-2-4-6-9/h5,8,10H,2-4,6-7H2,1H3/i8D. The van der Waals surface area contributed by atoms with Crippen molar-refractivity contribution in [1.29, 1.82) is 0 Å². The maximum Gasteiger partial charge on any atom is 0.0601 e. The zero-order valence-electron chi connectivity index (χ0n) is 7.56. The van der Waals surface area contributed by atoms with Crippen molar-refractivity contribution in [3.63, 3.8) is 0 Å². The fourth-order valence-electron chi connectivity index (χ4n) is 1.39. The summed E-state index contributed by atoms with van der Waals surface area (Å²) in [5.41, 5.74) is 1.26. The highest BCUT2D eigenvalue weighted by atomic mass is 16.3. The minimum absolute atomic E-state index is 0.521. The van der Waals surface area contributed by atoms with Gasteiger partial charge in [-0.2, -0.15) is 0 Å². The molecule has 1 heteroatoms. The molecular weight excluding hydrogens is 124 g/mol. The fourth-order valence-corrected chi connectivity index (χ4v) is 1.39. The second-order valence-electron chi connectivity index (χ2n) is 3.02. The van der Waals surface area contributed by atoms with Crippen molar-refractivity contribution in [2.75, 3.05) is 0 Å². The molecule has 1 atom stereocenters. The lowest BCUT2D eigenvalue weighted by Gasteiger charge is -2.13. The summed E-state index contributed by atoms with van der Waals surface area (Å²) < 4.78 is 7.28. The van der Waals surface area contributed by atoms with Crippen LogP contribution in [0.25, 0.3) is 0 Å². The first-order chi connectivity index (χ1) is 5.08. The summed E-state index contributed by atoms with van der Waals surface area (Å²) in [6.45, 7) is 1.54. The first-order valence-corrected chi connectivity index (χ1v) is 3.98. The van der Waals surface area contributed by atoms with Gasteiger partial charge < -0.3 is 5.11 Å². The van der Waals surface area contributed by atoms with E-state index in [1.54, 1.807) is 6.92 Å². The van der Waals surface area contributed by atoms with Gasteiger partial charge in [0.25, 0.3) is 0 Å². The average molecular weight is 141 g/mol. The molecule has 1 N–H and O–H groups in total. The highest BCUT2D eigenvalue weighted by Crippen LogP contribution is 2.20. The highest BCUT2D eigenvalue weighted by Gasteiger charge is 2.05. The van der Waals surface area contributed by atoms with Crippen molar-refractivity contribution in [1.82, 2.24) is 0 Å². The number of aliphatic hydroxyl groups is 1. The Kier molecular flexibility index (Phi) is 2.42. The summed E-state index contributed by atoms with van der Waals surface area (Å²) in [5.74, 6) is 0. The van der Waals surface area contributed by atoms with Crippen LogP contribution in [0, 0.1) is 0 Å². The normalized spacial score (nSPS) is 26.6. The van der Waals surface area contributed by atoms with Crippen molar-refractivity contribution in [2.45, 2.75) is 45.1 Å². The quantitative estimate of drug-likeness (QED) is 0.585. The third-order valence-corrected chi connectivity index (χ3v) is 1.87. The summed E-state index contributed by atoms with van der Waals surface area (Å²) in [4.78, 5) is 0. The SMILES string of the molecule is [2H]C(C)(O)CC1=CCCCC1. The van der Waals surface area contributed by atoms with E-state index in [1.165, 1.54) is 18.4 Å². The largest absolute Gasteiger partial charge is 0.393 e. The molecular formula is C9H16O. The molecule has 0 aromatic heterocycles. The van der Waals surface area contributed by atoms with Gasteiger partial charge in [0.15, 0.2) is 0 Å². The molecule has 0 radical (unpaired) electrons. The second kappa shape index (κ2) is 3.77. The van der Waals surface area contributed by atoms with Gasteiger partial charge in [-0.25, -0.2) is 0 Å². The van der Waals surface area contributed by atoms with E-state index in [-0.39, 0.29) is 0 Å². The summed E-state index contributed by atoms with van der Waals surface area (Å²) in [7, 11) is 0. The number of rotatable bonds is 2. The Labute approximate surface area is 64.2 Å². The van der Waals surface area contributed by atoms with Gasteiger partial charge in [0, 0.05) is 0 Å². The second-order valence-corrected chi connectivity index (χ2v) is 3.02. The van der Waals surface area contributed by atoms with Crippen molar-refractivity contribution in [3.05, 3.63) is 11.6 Å². The van der Waals surface area contributed by atoms with Crippen molar-refractivity contribution < 1.29 is 6.48 Å². The molecule has 1 rings (SSSR count). The number of hydrogen-bond donors (Lipinski definition) is 1. The highest BCUT2D eigenvalue weighted by molar-refractivity contribution is 5.05. The molecule has 1 nitrogen and oxygen atoms in total. The van der Waals surface area contributed by atoms with E-state index in [2.05, 4.69) is 6.08 Å². The Morgan fingerprint density at radius 2 is 2.60 bits per heavy atom. The Hall–Kier alpha value is -0.300. The maximum atomic E-state index is 9.20. The van der Waals surface area contributed by atoms with Gasteiger partial charge in [0.05, 0.1) is 7.45 Å². The van der Waals surface area contributed by atoms with Gasteiger partial charge in [0.1, 0.15) is 0 Å². The van der Waals surface area contributed by atoms with E-state index in [0.29, 0.717) is 6.42 Å². The zero-order chi connectivity index (χ0) is 8.32. The molecule has 0 amide bonds. The summed E-state index contributed by atoms with van der Waals surface area (Å²) in [6.07, 6.45) is 6.13. The first-order valence-electron chi connectivity index (χ1n) is 4.48. The van der Waals surface area contributed by atoms with Crippen LogP contribution in [-0.2, 0) is 0 Å². The van der Waals surface area contributed by atoms with Crippen LogP contribution in [0.15, 0.2) is 11.6 Å². The third kappa shape index (κ3) is 2.53. The van der Waals surface area contributed by atoms with Crippen molar-refractivity contribution >= 4 is 0 Å². The van der Waals surface area contributed by atoms with Gasteiger partial charge in [0.2, 0.25) is 0 Å². The Balaban J connectivity index is 2.42. The fraction of sp³-hybridized carbons (Fsp3) is 0.778. The van der Waals surface area contributed by atoms with E-state index >= 15 is 0 Å². The van der Waals surface area contributed by atoms with Gasteiger partial charge in [-0.3, -0.25) is 0 Å². The van der Waals surface area contributed by atoms with Gasteiger partial charge >= 0.3 is 0 Å². The summed E-state index contributed by atoms with van der Waals surface area (Å²) in [5, 5.41) is 9.20. The molecule has 1 aliphatic rings. The lowest BCUT2D eigenvalue weighted by atomic mass is 9.96. The Morgan fingerprint density at radius 3 is 3.10 bits per heavy atom. The molecule has 0 aromatic rings. The van der Waals surface area contributed by atoms with Crippen molar-refractivity contribution in [2.24, 2.45) is 0 Å². The summed E-state index contributed by atoms with van der Waals surface area (Å²) >= 11 is 0. The first kappa shape index (κ1) is 6.41. The molecule has 0 heterocycles. The van der Waals surface area contributed by atoms with E-state index < -0.39 is 6.08 Å². The molecule has 0 spiro atoms. The van der Waals surface area contributed by atoms with Crippen LogP contribution in [0.5, 0.6) is 0 Å². The molecule has 0 fully saturated rings. The van der Waals surface area contributed by atoms with Crippen LogP contribution >= 0.6 is 0 Å². The minimum Gasteiger partial charge on any atom is -0.393 e. The van der Waals surface area contributed by atoms with E-state index in [0.717, 1.165) is 12.8 Å². The Morgan fingerprint density at radius 1 is 1.80 bits per heavy atom. The van der Waals surface area contributed by atoms with Gasteiger partial charge in [-0.05, 0) is 39.0 Å². The molecule has 0 aromatic carbocycles. The maximum absolute atomic E-state index is 9.20. The molecule has 0 aliphatic heterocycles. The molecule has 1 aliphatic carbocycles. The van der Waals surface area contributed by atoms with Crippen LogP contribution < -0.4 is 0 Å². The minimum atomic E-state index is -1.26. The average Bonchev–Trinajstić information content (AvgIpc) is 1.85. The predicted molar refractivity (Wildman–Crippen MR) is 42.8 cm³/mol. The number of allylic oxidation sites excluding steroid dienone is 1. The molecule has 10 heavy (non-hydrogen) atoms. The molecule has 1 unspecified atom stereocenters. The zero-order valence-corrected chi connectivity index (χ0v) is 6.56. The van der Waals surface area contributed by atoms with Gasteiger partial charge in [-0.1, -0.05) is 11.6 Å². The topological polar surface area (TPSA) is 20.2 Å². The van der Waals surface area contributed by atoms with E-state index in [1.807, 2.05) is 0 Å². The number of hydrogen-bond acceptors (Lipinski definition) is 1. The smallest absolute Gasteiger partial charge is 0.0601 e. The molecule has 0 saturated heterocycles. The molecule has 0 bridgehead atoms. The van der Waals surface area contributed by atoms with Gasteiger partial charge in [-0.15, -0.1) is 0 Å². The summed E-state index contributed by atoms with van der Waals surface area (Å²) in [6, 6.07) is 0. The van der Waals surface area contributed by atoms with E-state index in [4.69, 9.17) is 1.37 Å². The third-order valence-electron chi connectivity index (χ3n) is 1.87. The van der Waals surface area contributed by atoms with Crippen LogP contribution in [0.2, 0.25) is 0 Å². The predicted octanol–water partition coefficient (Wildman–Crippen LogP) is 2.26. The van der Waals surface area contributed by atoms with Crippen LogP contribution in [0.3, 0.4) is 0 Å².